The van der Waals surface area contributed by atoms with Gasteiger partial charge in [0, 0.05) is 23.5 Å². The Balaban J connectivity index is 2.10. The Hall–Kier alpha value is -2.54. The van der Waals surface area contributed by atoms with Crippen molar-refractivity contribution in [3.63, 3.8) is 0 Å². The molecule has 1 heterocycles. The van der Waals surface area contributed by atoms with Gasteiger partial charge in [0.1, 0.15) is 0 Å². The van der Waals surface area contributed by atoms with Crippen molar-refractivity contribution in [2.75, 3.05) is 0 Å². The molecule has 3 rings (SSSR count). The van der Waals surface area contributed by atoms with E-state index in [1.165, 1.54) is 37.8 Å². The van der Waals surface area contributed by atoms with E-state index in [4.69, 9.17) is 11.0 Å². The first kappa shape index (κ1) is 18.3. The lowest BCUT2D eigenvalue weighted by Gasteiger charge is -2.24. The van der Waals surface area contributed by atoms with E-state index in [0.29, 0.717) is 17.0 Å². The van der Waals surface area contributed by atoms with Crippen LogP contribution >= 0.6 is 0 Å². The average Bonchev–Trinajstić information content (AvgIpc) is 2.94. The standard InChI is InChI=1S/C22H27N3O/c1-3-19-21(18-11-9-16(13-23)10-12-18)20(22(24)26)15(2)25(19)14-17-7-5-4-6-8-17/h9-12,17H,3-8,14H2,1-2H3,(H2,24,26). The summed E-state index contributed by atoms with van der Waals surface area (Å²) in [4.78, 5) is 12.3. The number of nitrogens with zero attached hydrogens (tertiary/aromatic N) is 2. The number of benzene rings is 1. The monoisotopic (exact) mass is 349 g/mol. The van der Waals surface area contributed by atoms with Gasteiger partial charge in [0.05, 0.1) is 17.2 Å². The molecule has 1 aromatic carbocycles. The summed E-state index contributed by atoms with van der Waals surface area (Å²) in [6, 6.07) is 9.58. The second kappa shape index (κ2) is 7.78. The average molecular weight is 349 g/mol. The van der Waals surface area contributed by atoms with Gasteiger partial charge >= 0.3 is 0 Å². The molecule has 0 unspecified atom stereocenters. The van der Waals surface area contributed by atoms with Crippen LogP contribution < -0.4 is 5.73 Å². The molecule has 2 N–H and O–H groups in total. The summed E-state index contributed by atoms with van der Waals surface area (Å²) in [6.45, 7) is 5.10. The first-order valence-electron chi connectivity index (χ1n) is 9.59. The predicted molar refractivity (Wildman–Crippen MR) is 104 cm³/mol. The molecule has 1 fully saturated rings. The molecular weight excluding hydrogens is 322 g/mol. The summed E-state index contributed by atoms with van der Waals surface area (Å²) in [5, 5.41) is 9.04. The number of rotatable bonds is 5. The molecule has 136 valence electrons. The minimum Gasteiger partial charge on any atom is -0.366 e. The number of aromatic nitrogens is 1. The molecule has 26 heavy (non-hydrogen) atoms. The molecule has 0 saturated heterocycles. The summed E-state index contributed by atoms with van der Waals surface area (Å²) in [5.74, 6) is 0.300. The number of carbonyl (C=O) groups is 1. The molecule has 4 nitrogen and oxygen atoms in total. The Morgan fingerprint density at radius 3 is 2.42 bits per heavy atom. The highest BCUT2D eigenvalue weighted by Gasteiger charge is 2.25. The summed E-state index contributed by atoms with van der Waals surface area (Å²) < 4.78 is 2.32. The second-order valence-electron chi connectivity index (χ2n) is 7.30. The molecule has 1 amide bonds. The van der Waals surface area contributed by atoms with Crippen molar-refractivity contribution in [3.8, 4) is 17.2 Å². The quantitative estimate of drug-likeness (QED) is 0.858. The van der Waals surface area contributed by atoms with Crippen LogP contribution in [0.15, 0.2) is 24.3 Å². The Morgan fingerprint density at radius 1 is 1.23 bits per heavy atom. The molecule has 0 radical (unpaired) electrons. The first-order chi connectivity index (χ1) is 12.6. The maximum absolute atomic E-state index is 12.3. The molecule has 0 spiro atoms. The molecule has 0 atom stereocenters. The minimum atomic E-state index is -0.376. The fraction of sp³-hybridized carbons (Fsp3) is 0.455. The third-order valence-electron chi connectivity index (χ3n) is 5.68. The third-order valence-corrected chi connectivity index (χ3v) is 5.68. The largest absolute Gasteiger partial charge is 0.366 e. The maximum atomic E-state index is 12.3. The van der Waals surface area contributed by atoms with Gasteiger partial charge in [-0.05, 0) is 49.8 Å². The van der Waals surface area contributed by atoms with Crippen molar-refractivity contribution in [1.29, 1.82) is 5.26 Å². The summed E-state index contributed by atoms with van der Waals surface area (Å²) in [5.41, 5.74) is 11.1. The van der Waals surface area contributed by atoms with Crippen molar-refractivity contribution in [3.05, 3.63) is 46.8 Å². The topological polar surface area (TPSA) is 71.8 Å². The zero-order chi connectivity index (χ0) is 18.7. The molecule has 1 aliphatic rings. The van der Waals surface area contributed by atoms with Crippen molar-refractivity contribution in [2.24, 2.45) is 11.7 Å². The molecule has 0 aliphatic heterocycles. The lowest BCUT2D eigenvalue weighted by atomic mass is 9.89. The number of carbonyl (C=O) groups excluding carboxylic acids is 1. The number of amides is 1. The van der Waals surface area contributed by atoms with Gasteiger partial charge in [-0.2, -0.15) is 5.26 Å². The summed E-state index contributed by atoms with van der Waals surface area (Å²) in [6.07, 6.45) is 7.31. The lowest BCUT2D eigenvalue weighted by molar-refractivity contribution is 0.1000. The van der Waals surface area contributed by atoms with Crippen LogP contribution in [0, 0.1) is 24.2 Å². The molecule has 1 saturated carbocycles. The van der Waals surface area contributed by atoms with Crippen molar-refractivity contribution >= 4 is 5.91 Å². The molecule has 0 bridgehead atoms. The smallest absolute Gasteiger partial charge is 0.251 e. The van der Waals surface area contributed by atoms with E-state index in [2.05, 4.69) is 17.6 Å². The van der Waals surface area contributed by atoms with E-state index < -0.39 is 0 Å². The highest BCUT2D eigenvalue weighted by atomic mass is 16.1. The van der Waals surface area contributed by atoms with Gasteiger partial charge in [-0.25, -0.2) is 0 Å². The van der Waals surface area contributed by atoms with Gasteiger partial charge in [0.25, 0.3) is 5.91 Å². The van der Waals surface area contributed by atoms with E-state index in [1.807, 2.05) is 19.1 Å². The van der Waals surface area contributed by atoms with Gasteiger partial charge < -0.3 is 10.3 Å². The number of primary amides is 1. The normalized spacial score (nSPS) is 15.0. The molecule has 2 aromatic rings. The highest BCUT2D eigenvalue weighted by molar-refractivity contribution is 6.02. The number of hydrogen-bond acceptors (Lipinski definition) is 2. The second-order valence-corrected chi connectivity index (χ2v) is 7.30. The van der Waals surface area contributed by atoms with E-state index in [1.54, 1.807) is 12.1 Å². The number of hydrogen-bond donors (Lipinski definition) is 1. The molecule has 1 aliphatic carbocycles. The van der Waals surface area contributed by atoms with Crippen LogP contribution in [0.3, 0.4) is 0 Å². The van der Waals surface area contributed by atoms with E-state index >= 15 is 0 Å². The van der Waals surface area contributed by atoms with E-state index in [-0.39, 0.29) is 5.91 Å². The number of nitriles is 1. The van der Waals surface area contributed by atoms with Crippen LogP contribution in [0.25, 0.3) is 11.1 Å². The number of nitrogens with two attached hydrogens (primary N) is 1. The fourth-order valence-electron chi connectivity index (χ4n) is 4.36. The van der Waals surface area contributed by atoms with Gasteiger partial charge in [-0.1, -0.05) is 38.3 Å². The Labute approximate surface area is 155 Å². The highest BCUT2D eigenvalue weighted by Crippen LogP contribution is 2.35. The fourth-order valence-corrected chi connectivity index (χ4v) is 4.36. The Kier molecular flexibility index (Phi) is 5.46. The van der Waals surface area contributed by atoms with Crippen LogP contribution in [0.5, 0.6) is 0 Å². The molecule has 1 aromatic heterocycles. The SMILES string of the molecule is CCc1c(-c2ccc(C#N)cc2)c(C(N)=O)c(C)n1CC1CCCCC1. The lowest BCUT2D eigenvalue weighted by Crippen LogP contribution is -2.17. The van der Waals surface area contributed by atoms with Crippen molar-refractivity contribution < 1.29 is 4.79 Å². The van der Waals surface area contributed by atoms with Crippen LogP contribution in [0.1, 0.15) is 66.3 Å². The van der Waals surface area contributed by atoms with E-state index in [0.717, 1.165) is 29.8 Å². The molecule has 4 heteroatoms. The third kappa shape index (κ3) is 3.39. The van der Waals surface area contributed by atoms with Crippen LogP contribution in [-0.2, 0) is 13.0 Å². The van der Waals surface area contributed by atoms with Gasteiger partial charge in [-0.15, -0.1) is 0 Å². The van der Waals surface area contributed by atoms with E-state index in [9.17, 15) is 4.79 Å². The Morgan fingerprint density at radius 2 is 1.88 bits per heavy atom. The minimum absolute atomic E-state index is 0.376. The van der Waals surface area contributed by atoms with Crippen molar-refractivity contribution in [1.82, 2.24) is 4.57 Å². The van der Waals surface area contributed by atoms with Gasteiger partial charge in [0.15, 0.2) is 0 Å². The first-order valence-corrected chi connectivity index (χ1v) is 9.59. The van der Waals surface area contributed by atoms with Gasteiger partial charge in [0.2, 0.25) is 0 Å². The van der Waals surface area contributed by atoms with Crippen LogP contribution in [0.2, 0.25) is 0 Å². The maximum Gasteiger partial charge on any atom is 0.251 e. The van der Waals surface area contributed by atoms with Crippen molar-refractivity contribution in [2.45, 2.75) is 58.9 Å². The zero-order valence-corrected chi connectivity index (χ0v) is 15.7. The van der Waals surface area contributed by atoms with Crippen LogP contribution in [-0.4, -0.2) is 10.5 Å². The molecular formula is C22H27N3O. The summed E-state index contributed by atoms with van der Waals surface area (Å²) >= 11 is 0. The predicted octanol–water partition coefficient (Wildman–Crippen LogP) is 4.58. The zero-order valence-electron chi connectivity index (χ0n) is 15.7. The van der Waals surface area contributed by atoms with Crippen LogP contribution in [0.4, 0.5) is 0 Å². The Bertz CT molecular complexity index is 834. The summed E-state index contributed by atoms with van der Waals surface area (Å²) in [7, 11) is 0. The van der Waals surface area contributed by atoms with Gasteiger partial charge in [-0.3, -0.25) is 4.79 Å².